The molecule has 0 unspecified atom stereocenters. The van der Waals surface area contributed by atoms with E-state index in [2.05, 4.69) is 42.5 Å². The summed E-state index contributed by atoms with van der Waals surface area (Å²) in [4.78, 5) is 1.20. The van der Waals surface area contributed by atoms with Crippen molar-refractivity contribution >= 4 is 22.5 Å². The molecule has 1 nitrogen and oxygen atoms in total. The molecule has 0 fully saturated rings. The summed E-state index contributed by atoms with van der Waals surface area (Å²) in [5.74, 6) is 0. The number of furan rings is 1. The average Bonchev–Trinajstić information content (AvgIpc) is 2.82. The maximum atomic E-state index is 5.31. The topological polar surface area (TPSA) is 13.1 Å². The zero-order valence-corrected chi connectivity index (χ0v) is 9.41. The van der Waals surface area contributed by atoms with E-state index in [0.717, 1.165) is 5.09 Å². The van der Waals surface area contributed by atoms with Crippen LogP contribution in [0.3, 0.4) is 0 Å². The molecule has 2 heteroatoms. The van der Waals surface area contributed by atoms with Crippen molar-refractivity contribution in [1.29, 1.82) is 0 Å². The van der Waals surface area contributed by atoms with E-state index in [1.165, 1.54) is 15.7 Å². The van der Waals surface area contributed by atoms with Crippen molar-refractivity contribution in [3.8, 4) is 0 Å². The predicted molar refractivity (Wildman–Crippen MR) is 66.8 cm³/mol. The van der Waals surface area contributed by atoms with Crippen molar-refractivity contribution in [3.05, 3.63) is 60.9 Å². The largest absolute Gasteiger partial charge is 0.458 e. The van der Waals surface area contributed by atoms with Gasteiger partial charge in [-0.1, -0.05) is 42.1 Å². The Bertz CT molecular complexity index is 599. The first kappa shape index (κ1) is 9.55. The van der Waals surface area contributed by atoms with Gasteiger partial charge >= 0.3 is 0 Å². The van der Waals surface area contributed by atoms with Crippen LogP contribution in [0, 0.1) is 0 Å². The smallest absolute Gasteiger partial charge is 0.164 e. The van der Waals surface area contributed by atoms with E-state index in [0.29, 0.717) is 0 Å². The fourth-order valence-electron chi connectivity index (χ4n) is 1.67. The molecule has 0 aliphatic heterocycles. The molecule has 0 atom stereocenters. The molecule has 0 spiro atoms. The van der Waals surface area contributed by atoms with Crippen molar-refractivity contribution in [2.45, 2.75) is 9.99 Å². The molecular weight excluding hydrogens is 216 g/mol. The summed E-state index contributed by atoms with van der Waals surface area (Å²) in [5, 5.41) is 3.46. The van der Waals surface area contributed by atoms with Crippen LogP contribution in [0.2, 0.25) is 0 Å². The van der Waals surface area contributed by atoms with Crippen LogP contribution in [-0.2, 0) is 0 Å². The predicted octanol–water partition coefficient (Wildman–Crippen LogP) is 4.58. The summed E-state index contributed by atoms with van der Waals surface area (Å²) in [6, 6.07) is 18.7. The summed E-state index contributed by atoms with van der Waals surface area (Å²) in [6.07, 6.45) is 1.70. The SMILES string of the molecule is c1coc(Sc2ccc3ccccc3c2)c1. The summed E-state index contributed by atoms with van der Waals surface area (Å²) < 4.78 is 5.31. The number of hydrogen-bond donors (Lipinski definition) is 0. The van der Waals surface area contributed by atoms with Crippen LogP contribution in [0.5, 0.6) is 0 Å². The molecule has 0 aliphatic rings. The lowest BCUT2D eigenvalue weighted by molar-refractivity contribution is 0.474. The van der Waals surface area contributed by atoms with Crippen molar-refractivity contribution < 1.29 is 4.42 Å². The molecule has 3 rings (SSSR count). The quantitative estimate of drug-likeness (QED) is 0.634. The molecule has 1 heterocycles. The molecule has 0 radical (unpaired) electrons. The van der Waals surface area contributed by atoms with Gasteiger partial charge in [-0.3, -0.25) is 0 Å². The Morgan fingerprint density at radius 2 is 1.69 bits per heavy atom. The van der Waals surface area contributed by atoms with E-state index in [4.69, 9.17) is 4.42 Å². The van der Waals surface area contributed by atoms with Crippen LogP contribution in [0.4, 0.5) is 0 Å². The second-order valence-corrected chi connectivity index (χ2v) is 4.62. The number of hydrogen-bond acceptors (Lipinski definition) is 2. The molecule has 2 aromatic carbocycles. The van der Waals surface area contributed by atoms with E-state index in [9.17, 15) is 0 Å². The first-order valence-corrected chi connectivity index (χ1v) is 5.94. The molecule has 0 N–H and O–H groups in total. The maximum Gasteiger partial charge on any atom is 0.164 e. The van der Waals surface area contributed by atoms with Crippen molar-refractivity contribution in [2.75, 3.05) is 0 Å². The van der Waals surface area contributed by atoms with Gasteiger partial charge in [-0.2, -0.15) is 0 Å². The van der Waals surface area contributed by atoms with Crippen molar-refractivity contribution in [2.24, 2.45) is 0 Å². The summed E-state index contributed by atoms with van der Waals surface area (Å²) in [5.41, 5.74) is 0. The van der Waals surface area contributed by atoms with Crippen LogP contribution < -0.4 is 0 Å². The summed E-state index contributed by atoms with van der Waals surface area (Å²) >= 11 is 1.64. The monoisotopic (exact) mass is 226 g/mol. The Morgan fingerprint density at radius 3 is 2.50 bits per heavy atom. The fourth-order valence-corrected chi connectivity index (χ4v) is 2.47. The number of benzene rings is 2. The Labute approximate surface area is 98.1 Å². The molecule has 0 saturated carbocycles. The first-order chi connectivity index (χ1) is 7.92. The number of fused-ring (bicyclic) bond motifs is 1. The second-order valence-electron chi connectivity index (χ2n) is 3.54. The second kappa shape index (κ2) is 4.06. The van der Waals surface area contributed by atoms with Crippen LogP contribution in [0.25, 0.3) is 10.8 Å². The lowest BCUT2D eigenvalue weighted by atomic mass is 10.1. The van der Waals surface area contributed by atoms with Crippen LogP contribution in [0.15, 0.2) is 75.3 Å². The van der Waals surface area contributed by atoms with Crippen molar-refractivity contribution in [3.63, 3.8) is 0 Å². The lowest BCUT2D eigenvalue weighted by Gasteiger charge is -2.01. The van der Waals surface area contributed by atoms with Gasteiger partial charge in [-0.25, -0.2) is 0 Å². The molecule has 1 aromatic heterocycles. The molecule has 0 amide bonds. The van der Waals surface area contributed by atoms with Gasteiger partial charge in [0.1, 0.15) is 0 Å². The van der Waals surface area contributed by atoms with Crippen LogP contribution >= 0.6 is 11.8 Å². The Hall–Kier alpha value is -1.67. The van der Waals surface area contributed by atoms with Crippen LogP contribution in [-0.4, -0.2) is 0 Å². The molecule has 16 heavy (non-hydrogen) atoms. The third-order valence-corrected chi connectivity index (χ3v) is 3.36. The van der Waals surface area contributed by atoms with Crippen LogP contribution in [0.1, 0.15) is 0 Å². The average molecular weight is 226 g/mol. The number of rotatable bonds is 2. The van der Waals surface area contributed by atoms with Crippen molar-refractivity contribution in [1.82, 2.24) is 0 Å². The zero-order chi connectivity index (χ0) is 10.8. The Balaban J connectivity index is 1.99. The van der Waals surface area contributed by atoms with Gasteiger partial charge in [0, 0.05) is 4.90 Å². The lowest BCUT2D eigenvalue weighted by Crippen LogP contribution is -1.74. The Morgan fingerprint density at radius 1 is 0.812 bits per heavy atom. The molecular formula is C14H10OS. The highest BCUT2D eigenvalue weighted by atomic mass is 32.2. The van der Waals surface area contributed by atoms with Gasteiger partial charge in [0.15, 0.2) is 5.09 Å². The molecule has 3 aromatic rings. The molecule has 78 valence electrons. The van der Waals surface area contributed by atoms with E-state index in [1.54, 1.807) is 18.0 Å². The van der Waals surface area contributed by atoms with E-state index >= 15 is 0 Å². The normalized spacial score (nSPS) is 10.8. The minimum atomic E-state index is 0.926. The molecule has 0 bridgehead atoms. The van der Waals surface area contributed by atoms with E-state index in [-0.39, 0.29) is 0 Å². The van der Waals surface area contributed by atoms with Gasteiger partial charge in [-0.15, -0.1) is 0 Å². The van der Waals surface area contributed by atoms with Gasteiger partial charge in [0.25, 0.3) is 0 Å². The zero-order valence-electron chi connectivity index (χ0n) is 8.59. The third kappa shape index (κ3) is 1.84. The highest BCUT2D eigenvalue weighted by molar-refractivity contribution is 7.99. The minimum absolute atomic E-state index is 0.926. The fraction of sp³-hybridized carbons (Fsp3) is 0. The summed E-state index contributed by atoms with van der Waals surface area (Å²) in [6.45, 7) is 0. The van der Waals surface area contributed by atoms with Gasteiger partial charge in [0.2, 0.25) is 0 Å². The van der Waals surface area contributed by atoms with Gasteiger partial charge in [-0.05, 0) is 35.0 Å². The standard InChI is InChI=1S/C14H10OS/c1-2-5-12-10-13(8-7-11(12)4-1)16-14-6-3-9-15-14/h1-10H. The van der Waals surface area contributed by atoms with Gasteiger partial charge in [0.05, 0.1) is 6.26 Å². The Kier molecular flexibility index (Phi) is 2.43. The maximum absolute atomic E-state index is 5.31. The van der Waals surface area contributed by atoms with E-state index in [1.807, 2.05) is 12.1 Å². The van der Waals surface area contributed by atoms with E-state index < -0.39 is 0 Å². The summed E-state index contributed by atoms with van der Waals surface area (Å²) in [7, 11) is 0. The minimum Gasteiger partial charge on any atom is -0.458 e. The highest BCUT2D eigenvalue weighted by Crippen LogP contribution is 2.30. The first-order valence-electron chi connectivity index (χ1n) is 5.12. The molecule has 0 aliphatic carbocycles. The van der Waals surface area contributed by atoms with Gasteiger partial charge < -0.3 is 4.42 Å². The highest BCUT2D eigenvalue weighted by Gasteiger charge is 2.00. The third-order valence-electron chi connectivity index (χ3n) is 2.43. The molecule has 0 saturated heterocycles.